The highest BCUT2D eigenvalue weighted by Gasteiger charge is 2.47. The first-order valence-corrected chi connectivity index (χ1v) is 8.15. The third kappa shape index (κ3) is 3.87. The van der Waals surface area contributed by atoms with E-state index in [1.165, 1.54) is 17.0 Å². The first kappa shape index (κ1) is 18.7. The van der Waals surface area contributed by atoms with Gasteiger partial charge in [0.15, 0.2) is 5.82 Å². The summed E-state index contributed by atoms with van der Waals surface area (Å²) in [5, 5.41) is 10.6. The zero-order valence-electron chi connectivity index (χ0n) is 14.3. The second-order valence-corrected chi connectivity index (χ2v) is 7.37. The zero-order chi connectivity index (χ0) is 18.1. The Balaban J connectivity index is 2.45. The molecule has 0 spiro atoms. The Morgan fingerprint density at radius 1 is 1.50 bits per heavy atom. The van der Waals surface area contributed by atoms with Gasteiger partial charge in [-0.25, -0.2) is 14.2 Å². The Morgan fingerprint density at radius 2 is 2.17 bits per heavy atom. The van der Waals surface area contributed by atoms with E-state index in [-0.39, 0.29) is 29.3 Å². The van der Waals surface area contributed by atoms with Crippen LogP contribution in [0.4, 0.5) is 10.1 Å². The van der Waals surface area contributed by atoms with Gasteiger partial charge in [-0.05, 0) is 24.5 Å². The minimum Gasteiger partial charge on any atom is -0.462 e. The highest BCUT2D eigenvalue weighted by atomic mass is 35.5. The average molecular weight is 357 g/mol. The summed E-state index contributed by atoms with van der Waals surface area (Å²) in [5.74, 6) is -1.05. The lowest BCUT2D eigenvalue weighted by Gasteiger charge is -2.26. The molecule has 1 atom stereocenters. The molecule has 1 aromatic rings. The van der Waals surface area contributed by atoms with Crippen LogP contribution in [0.1, 0.15) is 34.1 Å². The van der Waals surface area contributed by atoms with Gasteiger partial charge in [0.25, 0.3) is 5.72 Å². The molecule has 0 saturated carbocycles. The van der Waals surface area contributed by atoms with E-state index in [1.54, 1.807) is 13.0 Å². The van der Waals surface area contributed by atoms with Crippen molar-refractivity contribution in [2.24, 2.45) is 10.4 Å². The SMILES string of the molecule is CCOC(=O)C1(O)CN(c2cccc(Cl)c2F)C(CC(C)(C)C)=N1. The Labute approximate surface area is 146 Å². The number of aliphatic imine (C=N–C) groups is 1. The first-order chi connectivity index (χ1) is 11.1. The molecule has 0 bridgehead atoms. The minimum absolute atomic E-state index is 0.0332. The van der Waals surface area contributed by atoms with Gasteiger partial charge in [-0.3, -0.25) is 0 Å². The van der Waals surface area contributed by atoms with Crippen LogP contribution in [0.25, 0.3) is 0 Å². The predicted octanol–water partition coefficient (Wildman–Crippen LogP) is 3.39. The summed E-state index contributed by atoms with van der Waals surface area (Å²) in [6.45, 7) is 7.52. The number of nitrogens with zero attached hydrogens (tertiary/aromatic N) is 2. The number of β-amino-alcohol motifs (C(OH)–C–C–N with tert-alkyl or cyclic N) is 1. The van der Waals surface area contributed by atoms with Crippen molar-refractivity contribution in [1.29, 1.82) is 0 Å². The third-order valence-corrected chi connectivity index (χ3v) is 3.81. The van der Waals surface area contributed by atoms with Crippen LogP contribution in [0.2, 0.25) is 5.02 Å². The molecule has 1 unspecified atom stereocenters. The molecule has 1 aromatic carbocycles. The molecular formula is C17H22ClFN2O3. The monoisotopic (exact) mass is 356 g/mol. The molecule has 24 heavy (non-hydrogen) atoms. The molecule has 1 aliphatic rings. The highest BCUT2D eigenvalue weighted by Crippen LogP contribution is 2.34. The van der Waals surface area contributed by atoms with Crippen molar-refractivity contribution in [2.45, 2.75) is 39.8 Å². The van der Waals surface area contributed by atoms with Crippen molar-refractivity contribution >= 4 is 29.1 Å². The van der Waals surface area contributed by atoms with Gasteiger partial charge in [0.05, 0.1) is 23.9 Å². The number of hydrogen-bond acceptors (Lipinski definition) is 5. The van der Waals surface area contributed by atoms with E-state index < -0.39 is 17.5 Å². The molecule has 2 rings (SSSR count). The van der Waals surface area contributed by atoms with Crippen LogP contribution in [-0.4, -0.2) is 35.8 Å². The third-order valence-electron chi connectivity index (χ3n) is 3.52. The maximum atomic E-state index is 14.4. The second kappa shape index (κ2) is 6.69. The zero-order valence-corrected chi connectivity index (χ0v) is 15.0. The van der Waals surface area contributed by atoms with Crippen molar-refractivity contribution in [3.63, 3.8) is 0 Å². The van der Waals surface area contributed by atoms with Gasteiger partial charge in [-0.2, -0.15) is 0 Å². The lowest BCUT2D eigenvalue weighted by atomic mass is 9.91. The number of anilines is 1. The number of carbonyl (C=O) groups is 1. The van der Waals surface area contributed by atoms with E-state index >= 15 is 0 Å². The fraction of sp³-hybridized carbons (Fsp3) is 0.529. The summed E-state index contributed by atoms with van der Waals surface area (Å²) in [5.41, 5.74) is -2.05. The number of amidine groups is 1. The quantitative estimate of drug-likeness (QED) is 0.840. The standard InChI is InChI=1S/C17H22ClFN2O3/c1-5-24-15(22)17(23)10-21(13(20-17)9-16(2,3)4)12-8-6-7-11(18)14(12)19/h6-8,23H,5,9-10H2,1-4H3. The molecule has 1 heterocycles. The first-order valence-electron chi connectivity index (χ1n) is 7.77. The normalized spacial score (nSPS) is 21.0. The molecule has 5 nitrogen and oxygen atoms in total. The number of halogens is 2. The van der Waals surface area contributed by atoms with E-state index in [4.69, 9.17) is 16.3 Å². The molecule has 7 heteroatoms. The van der Waals surface area contributed by atoms with Gasteiger partial charge >= 0.3 is 5.97 Å². The molecule has 1 aliphatic heterocycles. The summed E-state index contributed by atoms with van der Waals surface area (Å²) in [4.78, 5) is 17.7. The maximum Gasteiger partial charge on any atom is 0.363 e. The lowest BCUT2D eigenvalue weighted by Crippen LogP contribution is -2.44. The van der Waals surface area contributed by atoms with E-state index in [1.807, 2.05) is 20.8 Å². The number of benzene rings is 1. The van der Waals surface area contributed by atoms with Gasteiger partial charge < -0.3 is 14.7 Å². The Kier molecular flexibility index (Phi) is 5.20. The molecule has 0 aliphatic carbocycles. The number of esters is 1. The van der Waals surface area contributed by atoms with Gasteiger partial charge in [0.2, 0.25) is 0 Å². The van der Waals surface area contributed by atoms with Gasteiger partial charge in [0.1, 0.15) is 5.84 Å². The Hall–Kier alpha value is -1.66. The highest BCUT2D eigenvalue weighted by molar-refractivity contribution is 6.31. The van der Waals surface area contributed by atoms with Crippen molar-refractivity contribution in [2.75, 3.05) is 18.1 Å². The fourth-order valence-corrected chi connectivity index (χ4v) is 2.68. The predicted molar refractivity (Wildman–Crippen MR) is 91.8 cm³/mol. The van der Waals surface area contributed by atoms with E-state index in [9.17, 15) is 14.3 Å². The van der Waals surface area contributed by atoms with Crippen molar-refractivity contribution in [1.82, 2.24) is 0 Å². The maximum absolute atomic E-state index is 14.4. The number of rotatable bonds is 4. The van der Waals surface area contributed by atoms with Crippen molar-refractivity contribution in [3.8, 4) is 0 Å². The lowest BCUT2D eigenvalue weighted by molar-refractivity contribution is -0.162. The van der Waals surface area contributed by atoms with Crippen LogP contribution in [0.5, 0.6) is 0 Å². The van der Waals surface area contributed by atoms with E-state index in [0.717, 1.165) is 0 Å². The summed E-state index contributed by atoms with van der Waals surface area (Å²) in [6.07, 6.45) is 0.445. The summed E-state index contributed by atoms with van der Waals surface area (Å²) in [7, 11) is 0. The molecule has 0 radical (unpaired) electrons. The van der Waals surface area contributed by atoms with E-state index in [2.05, 4.69) is 4.99 Å². The number of aliphatic hydroxyl groups is 1. The summed E-state index contributed by atoms with van der Waals surface area (Å²) < 4.78 is 19.3. The summed E-state index contributed by atoms with van der Waals surface area (Å²) >= 11 is 5.86. The molecule has 1 N–H and O–H groups in total. The largest absolute Gasteiger partial charge is 0.462 e. The summed E-state index contributed by atoms with van der Waals surface area (Å²) in [6, 6.07) is 4.59. The number of carbonyl (C=O) groups excluding carboxylic acids is 1. The van der Waals surface area contributed by atoms with Crippen molar-refractivity contribution < 1.29 is 19.0 Å². The Morgan fingerprint density at radius 3 is 2.75 bits per heavy atom. The molecule has 0 saturated heterocycles. The van der Waals surface area contributed by atoms with Crippen LogP contribution < -0.4 is 4.90 Å². The fourth-order valence-electron chi connectivity index (χ4n) is 2.51. The van der Waals surface area contributed by atoms with Crippen LogP contribution in [0.15, 0.2) is 23.2 Å². The van der Waals surface area contributed by atoms with Crippen LogP contribution in [0, 0.1) is 11.2 Å². The second-order valence-electron chi connectivity index (χ2n) is 6.96. The topological polar surface area (TPSA) is 62.1 Å². The smallest absolute Gasteiger partial charge is 0.363 e. The molecule has 0 amide bonds. The average Bonchev–Trinajstić information content (AvgIpc) is 2.78. The van der Waals surface area contributed by atoms with Crippen LogP contribution >= 0.6 is 11.6 Å². The van der Waals surface area contributed by atoms with Crippen LogP contribution in [0.3, 0.4) is 0 Å². The van der Waals surface area contributed by atoms with Gasteiger partial charge in [0, 0.05) is 6.42 Å². The molecule has 0 aromatic heterocycles. The minimum atomic E-state index is -2.05. The van der Waals surface area contributed by atoms with Gasteiger partial charge in [-0.15, -0.1) is 0 Å². The molecule has 0 fully saturated rings. The van der Waals surface area contributed by atoms with Gasteiger partial charge in [-0.1, -0.05) is 38.4 Å². The Bertz CT molecular complexity index is 672. The van der Waals surface area contributed by atoms with Crippen LogP contribution in [-0.2, 0) is 9.53 Å². The van der Waals surface area contributed by atoms with Crippen molar-refractivity contribution in [3.05, 3.63) is 29.0 Å². The molecular weight excluding hydrogens is 335 g/mol. The van der Waals surface area contributed by atoms with E-state index in [0.29, 0.717) is 12.3 Å². The molecule has 132 valence electrons. The number of hydrogen-bond donors (Lipinski definition) is 1. The number of ether oxygens (including phenoxy) is 1.